The molecule has 244 valence electrons. The van der Waals surface area contributed by atoms with Crippen LogP contribution in [0.25, 0.3) is 66.1 Å². The first-order valence-electron chi connectivity index (χ1n) is 17.9. The van der Waals surface area contributed by atoms with Gasteiger partial charge in [-0.2, -0.15) is 0 Å². The topological polar surface area (TPSA) is 29.5 Å². The lowest BCUT2D eigenvalue weighted by Crippen LogP contribution is -2.16. The molecule has 0 bridgehead atoms. The van der Waals surface area contributed by atoms with Crippen LogP contribution in [0.2, 0.25) is 0 Å². The number of anilines is 3. The van der Waals surface area contributed by atoms with Crippen molar-refractivity contribution in [1.82, 2.24) is 0 Å². The number of rotatable bonds is 3. The Hall–Kier alpha value is -6.06. The van der Waals surface area contributed by atoms with E-state index in [2.05, 4.69) is 166 Å². The molecule has 0 N–H and O–H groups in total. The Labute approximate surface area is 296 Å². The predicted octanol–water partition coefficient (Wildman–Crippen LogP) is 13.6. The first-order chi connectivity index (χ1) is 24.8. The number of nitrogens with zero attached hydrogens (tertiary/aromatic N) is 1. The maximum Gasteiger partial charge on any atom is 0.143 e. The third-order valence-electron chi connectivity index (χ3n) is 11.9. The molecule has 0 unspecified atom stereocenters. The van der Waals surface area contributed by atoms with Crippen molar-refractivity contribution in [2.24, 2.45) is 0 Å². The number of para-hydroxylation sites is 1. The van der Waals surface area contributed by atoms with E-state index in [9.17, 15) is 0 Å². The second kappa shape index (κ2) is 9.80. The molecule has 51 heavy (non-hydrogen) atoms. The Morgan fingerprint density at radius 1 is 0.431 bits per heavy atom. The molecule has 2 aliphatic carbocycles. The SMILES string of the molecule is CC1(C)c2ccccc2-c2ccc(N(c3cccc4oc5ccccc5c34)c3cccc4oc5c6c(ccc5c34)C(C)(C)c3ccccc3-6)cc21. The van der Waals surface area contributed by atoms with Gasteiger partial charge in [0.25, 0.3) is 0 Å². The van der Waals surface area contributed by atoms with Crippen LogP contribution in [0.1, 0.15) is 49.9 Å². The van der Waals surface area contributed by atoms with Gasteiger partial charge in [-0.25, -0.2) is 0 Å². The van der Waals surface area contributed by atoms with Crippen LogP contribution in [-0.2, 0) is 10.8 Å². The summed E-state index contributed by atoms with van der Waals surface area (Å²) in [5.41, 5.74) is 17.0. The highest BCUT2D eigenvalue weighted by atomic mass is 16.3. The van der Waals surface area contributed by atoms with Crippen LogP contribution in [0.3, 0.4) is 0 Å². The van der Waals surface area contributed by atoms with Gasteiger partial charge in [0.05, 0.1) is 22.1 Å². The highest BCUT2D eigenvalue weighted by Gasteiger charge is 2.39. The maximum atomic E-state index is 6.95. The third kappa shape index (κ3) is 3.68. The van der Waals surface area contributed by atoms with Crippen molar-refractivity contribution in [2.45, 2.75) is 38.5 Å². The fourth-order valence-electron chi connectivity index (χ4n) is 9.42. The number of hydrogen-bond acceptors (Lipinski definition) is 3. The van der Waals surface area contributed by atoms with Crippen molar-refractivity contribution < 1.29 is 8.83 Å². The van der Waals surface area contributed by atoms with Crippen molar-refractivity contribution in [3.05, 3.63) is 162 Å². The minimum atomic E-state index is -0.142. The van der Waals surface area contributed by atoms with E-state index >= 15 is 0 Å². The number of furan rings is 2. The molecule has 7 aromatic carbocycles. The summed E-state index contributed by atoms with van der Waals surface area (Å²) in [6, 6.07) is 50.5. The molecule has 3 heteroatoms. The smallest absolute Gasteiger partial charge is 0.143 e. The first-order valence-corrected chi connectivity index (χ1v) is 17.9. The zero-order chi connectivity index (χ0) is 34.2. The normalized spacial score (nSPS) is 15.0. The largest absolute Gasteiger partial charge is 0.456 e. The van der Waals surface area contributed by atoms with Gasteiger partial charge in [-0.15, -0.1) is 0 Å². The molecule has 2 heterocycles. The van der Waals surface area contributed by atoms with E-state index in [1.807, 2.05) is 6.07 Å². The van der Waals surface area contributed by atoms with Gasteiger partial charge < -0.3 is 13.7 Å². The summed E-state index contributed by atoms with van der Waals surface area (Å²) in [6.07, 6.45) is 0. The van der Waals surface area contributed by atoms with Crippen molar-refractivity contribution in [3.63, 3.8) is 0 Å². The molecule has 2 aromatic heterocycles. The number of hydrogen-bond donors (Lipinski definition) is 0. The van der Waals surface area contributed by atoms with E-state index in [1.54, 1.807) is 0 Å². The quantitative estimate of drug-likeness (QED) is 0.189. The molecule has 0 fully saturated rings. The molecule has 9 aromatic rings. The van der Waals surface area contributed by atoms with Gasteiger partial charge in [0.1, 0.15) is 22.3 Å². The number of fused-ring (bicyclic) bond motifs is 13. The average Bonchev–Trinajstić information content (AvgIpc) is 3.85. The summed E-state index contributed by atoms with van der Waals surface area (Å²) in [5.74, 6) is 0. The molecule has 0 aliphatic heterocycles. The summed E-state index contributed by atoms with van der Waals surface area (Å²) < 4.78 is 13.4. The van der Waals surface area contributed by atoms with Crippen LogP contribution < -0.4 is 4.90 Å². The van der Waals surface area contributed by atoms with E-state index in [-0.39, 0.29) is 10.8 Å². The summed E-state index contributed by atoms with van der Waals surface area (Å²) in [5, 5.41) is 4.42. The molecule has 0 spiro atoms. The van der Waals surface area contributed by atoms with E-state index in [0.717, 1.165) is 60.9 Å². The highest BCUT2D eigenvalue weighted by Crippen LogP contribution is 2.55. The average molecular weight is 658 g/mol. The van der Waals surface area contributed by atoms with Gasteiger partial charge in [-0.05, 0) is 81.4 Å². The zero-order valence-corrected chi connectivity index (χ0v) is 29.0. The Kier molecular flexibility index (Phi) is 5.52. The Morgan fingerprint density at radius 3 is 1.80 bits per heavy atom. The fourth-order valence-corrected chi connectivity index (χ4v) is 9.42. The van der Waals surface area contributed by atoms with Crippen LogP contribution in [0.4, 0.5) is 17.1 Å². The Bertz CT molecular complexity index is 2940. The summed E-state index contributed by atoms with van der Waals surface area (Å²) in [4.78, 5) is 2.44. The summed E-state index contributed by atoms with van der Waals surface area (Å²) >= 11 is 0. The summed E-state index contributed by atoms with van der Waals surface area (Å²) in [7, 11) is 0. The van der Waals surface area contributed by atoms with Crippen LogP contribution in [0.15, 0.2) is 148 Å². The number of benzene rings is 7. The lowest BCUT2D eigenvalue weighted by Gasteiger charge is -2.29. The molecule has 0 atom stereocenters. The van der Waals surface area contributed by atoms with Gasteiger partial charge >= 0.3 is 0 Å². The van der Waals surface area contributed by atoms with Gasteiger partial charge in [-0.3, -0.25) is 0 Å². The lowest BCUT2D eigenvalue weighted by molar-refractivity contribution is 0.653. The van der Waals surface area contributed by atoms with Gasteiger partial charge in [-0.1, -0.05) is 125 Å². The molecule has 3 nitrogen and oxygen atoms in total. The van der Waals surface area contributed by atoms with Crippen LogP contribution in [0.5, 0.6) is 0 Å². The molecule has 0 saturated heterocycles. The lowest BCUT2D eigenvalue weighted by atomic mass is 9.82. The van der Waals surface area contributed by atoms with E-state index < -0.39 is 0 Å². The van der Waals surface area contributed by atoms with Crippen molar-refractivity contribution in [3.8, 4) is 22.3 Å². The molecule has 0 saturated carbocycles. The standard InChI is InChI=1S/C48H35NO2/c1-47(2)35-17-9-6-14-31(35)43-36(47)26-25-33-45-39(19-12-22-42(45)51-46(33)43)49(38-18-11-21-41-44(38)32-15-7-10-20-40(32)50-41)28-23-24-30-29-13-5-8-16-34(29)48(3,4)37(30)27-28/h5-27H,1-4H3. The fraction of sp³-hybridized carbons (Fsp3) is 0.125. The van der Waals surface area contributed by atoms with Crippen molar-refractivity contribution >= 4 is 60.9 Å². The van der Waals surface area contributed by atoms with E-state index in [1.165, 1.54) is 44.5 Å². The molecular weight excluding hydrogens is 623 g/mol. The van der Waals surface area contributed by atoms with E-state index in [0.29, 0.717) is 0 Å². The van der Waals surface area contributed by atoms with Crippen LogP contribution in [0, 0.1) is 0 Å². The van der Waals surface area contributed by atoms with Crippen LogP contribution >= 0.6 is 0 Å². The Morgan fingerprint density at radius 2 is 1.02 bits per heavy atom. The van der Waals surface area contributed by atoms with Gasteiger partial charge in [0.2, 0.25) is 0 Å². The van der Waals surface area contributed by atoms with E-state index in [4.69, 9.17) is 8.83 Å². The summed E-state index contributed by atoms with van der Waals surface area (Å²) in [6.45, 7) is 9.34. The second-order valence-electron chi connectivity index (χ2n) is 15.3. The minimum Gasteiger partial charge on any atom is -0.456 e. The van der Waals surface area contributed by atoms with Gasteiger partial charge in [0, 0.05) is 32.9 Å². The monoisotopic (exact) mass is 657 g/mol. The zero-order valence-electron chi connectivity index (χ0n) is 29.0. The predicted molar refractivity (Wildman–Crippen MR) is 211 cm³/mol. The van der Waals surface area contributed by atoms with Crippen LogP contribution in [-0.4, -0.2) is 0 Å². The Balaban J connectivity index is 1.23. The molecule has 0 radical (unpaired) electrons. The van der Waals surface area contributed by atoms with Gasteiger partial charge in [0.15, 0.2) is 0 Å². The third-order valence-corrected chi connectivity index (χ3v) is 11.9. The first kappa shape index (κ1) is 28.7. The van der Waals surface area contributed by atoms with Crippen molar-refractivity contribution in [1.29, 1.82) is 0 Å². The molecule has 11 rings (SSSR count). The maximum absolute atomic E-state index is 6.95. The molecular formula is C48H35NO2. The second-order valence-corrected chi connectivity index (χ2v) is 15.3. The van der Waals surface area contributed by atoms with Crippen molar-refractivity contribution in [2.75, 3.05) is 4.90 Å². The highest BCUT2D eigenvalue weighted by molar-refractivity contribution is 6.20. The molecule has 2 aliphatic rings. The minimum absolute atomic E-state index is 0.110. The molecule has 0 amide bonds.